The Morgan fingerprint density at radius 3 is 2.88 bits per heavy atom. The number of benzene rings is 2. The fourth-order valence-electron chi connectivity index (χ4n) is 3.86. The number of nitrogens with one attached hydrogen (secondary N) is 1. The van der Waals surface area contributed by atoms with Gasteiger partial charge in [0.1, 0.15) is 17.4 Å². The minimum Gasteiger partial charge on any atom is -0.356 e. The quantitative estimate of drug-likeness (QED) is 0.415. The van der Waals surface area contributed by atoms with Crippen molar-refractivity contribution in [1.82, 2.24) is 29.8 Å². The second-order valence-corrected chi connectivity index (χ2v) is 7.92. The molecule has 1 N–H and O–H groups in total. The van der Waals surface area contributed by atoms with Gasteiger partial charge in [0.15, 0.2) is 11.2 Å². The minimum absolute atomic E-state index is 0.124. The number of amides is 1. The van der Waals surface area contributed by atoms with E-state index in [2.05, 4.69) is 20.6 Å². The second kappa shape index (κ2) is 8.70. The van der Waals surface area contributed by atoms with Crippen LogP contribution in [0.2, 0.25) is 0 Å². The largest absolute Gasteiger partial charge is 0.356 e. The molecular weight excluding hydrogens is 420 g/mol. The van der Waals surface area contributed by atoms with Crippen LogP contribution in [0.4, 0.5) is 0 Å². The van der Waals surface area contributed by atoms with Crippen LogP contribution in [0.15, 0.2) is 70.4 Å². The molecule has 166 valence electrons. The average Bonchev–Trinajstić information content (AvgIpc) is 3.41. The first-order valence-electron chi connectivity index (χ1n) is 10.6. The van der Waals surface area contributed by atoms with Crippen LogP contribution >= 0.6 is 0 Å². The highest BCUT2D eigenvalue weighted by Crippen LogP contribution is 2.18. The van der Waals surface area contributed by atoms with Gasteiger partial charge in [-0.15, -0.1) is 0 Å². The van der Waals surface area contributed by atoms with Gasteiger partial charge in [0.2, 0.25) is 5.91 Å². The first kappa shape index (κ1) is 20.6. The molecule has 3 aromatic heterocycles. The van der Waals surface area contributed by atoms with Crippen LogP contribution in [0.25, 0.3) is 22.0 Å². The van der Waals surface area contributed by atoms with Gasteiger partial charge < -0.3 is 9.84 Å². The molecule has 0 aliphatic carbocycles. The van der Waals surface area contributed by atoms with E-state index in [-0.39, 0.29) is 17.9 Å². The number of aryl methyl sites for hydroxylation is 1. The Kier molecular flexibility index (Phi) is 5.43. The van der Waals surface area contributed by atoms with E-state index in [1.807, 2.05) is 55.5 Å². The van der Waals surface area contributed by atoms with Gasteiger partial charge in [-0.3, -0.25) is 14.2 Å². The summed E-state index contributed by atoms with van der Waals surface area (Å²) in [6.45, 7) is 3.20. The molecular formula is C24H22N6O3. The standard InChI is InChI=1S/C24H22N6O3/c1-16-5-4-6-17(11-16)14-29-15-26-23-19(24(29)32)13-27-30(23)10-9-25-22(31)12-20-18-7-2-3-8-21(18)33-28-20/h2-8,11,13,15H,9-10,12,14H2,1H3,(H,25,31). The molecule has 9 heteroatoms. The molecule has 2 aromatic carbocycles. The summed E-state index contributed by atoms with van der Waals surface area (Å²) in [4.78, 5) is 29.7. The normalized spacial score (nSPS) is 11.3. The van der Waals surface area contributed by atoms with Crippen molar-refractivity contribution < 1.29 is 9.32 Å². The molecule has 0 atom stereocenters. The summed E-state index contributed by atoms with van der Waals surface area (Å²) >= 11 is 0. The number of aromatic nitrogens is 5. The molecule has 0 aliphatic rings. The summed E-state index contributed by atoms with van der Waals surface area (Å²) in [6, 6.07) is 15.4. The van der Waals surface area contributed by atoms with Crippen LogP contribution in [-0.4, -0.2) is 36.9 Å². The topological polar surface area (TPSA) is 108 Å². The van der Waals surface area contributed by atoms with Gasteiger partial charge in [0.25, 0.3) is 5.56 Å². The molecule has 3 heterocycles. The van der Waals surface area contributed by atoms with Crippen molar-refractivity contribution in [2.75, 3.05) is 6.54 Å². The Morgan fingerprint density at radius 2 is 2.00 bits per heavy atom. The molecule has 5 aromatic rings. The molecule has 0 saturated carbocycles. The van der Waals surface area contributed by atoms with Crippen molar-refractivity contribution in [2.45, 2.75) is 26.4 Å². The Bertz CT molecular complexity index is 1510. The van der Waals surface area contributed by atoms with Gasteiger partial charge in [-0.05, 0) is 24.6 Å². The molecule has 0 bridgehead atoms. The zero-order valence-corrected chi connectivity index (χ0v) is 18.1. The molecule has 33 heavy (non-hydrogen) atoms. The van der Waals surface area contributed by atoms with Crippen molar-refractivity contribution in [1.29, 1.82) is 0 Å². The summed E-state index contributed by atoms with van der Waals surface area (Å²) in [5, 5.41) is 12.4. The zero-order chi connectivity index (χ0) is 22.8. The average molecular weight is 442 g/mol. The lowest BCUT2D eigenvalue weighted by molar-refractivity contribution is -0.120. The van der Waals surface area contributed by atoms with E-state index < -0.39 is 0 Å². The lowest BCUT2D eigenvalue weighted by Gasteiger charge is -2.08. The predicted octanol–water partition coefficient (Wildman–Crippen LogP) is 2.45. The van der Waals surface area contributed by atoms with Crippen LogP contribution < -0.4 is 10.9 Å². The number of carbonyl (C=O) groups excluding carboxylic acids is 1. The first-order valence-corrected chi connectivity index (χ1v) is 10.6. The Labute approximate surface area is 188 Å². The highest BCUT2D eigenvalue weighted by Gasteiger charge is 2.13. The van der Waals surface area contributed by atoms with Crippen molar-refractivity contribution in [3.05, 3.63) is 88.2 Å². The molecule has 1 amide bonds. The molecule has 0 saturated heterocycles. The van der Waals surface area contributed by atoms with Gasteiger partial charge >= 0.3 is 0 Å². The number of fused-ring (bicyclic) bond motifs is 2. The Morgan fingerprint density at radius 1 is 1.12 bits per heavy atom. The van der Waals surface area contributed by atoms with Crippen LogP contribution in [0.5, 0.6) is 0 Å². The van der Waals surface area contributed by atoms with E-state index in [1.54, 1.807) is 15.6 Å². The van der Waals surface area contributed by atoms with E-state index in [1.165, 1.54) is 6.20 Å². The third-order valence-electron chi connectivity index (χ3n) is 5.48. The van der Waals surface area contributed by atoms with Gasteiger partial charge in [0, 0.05) is 11.9 Å². The fourth-order valence-corrected chi connectivity index (χ4v) is 3.86. The predicted molar refractivity (Wildman–Crippen MR) is 123 cm³/mol. The van der Waals surface area contributed by atoms with Gasteiger partial charge in [-0.25, -0.2) is 9.67 Å². The number of para-hydroxylation sites is 1. The first-order chi connectivity index (χ1) is 16.1. The molecule has 0 spiro atoms. The van der Waals surface area contributed by atoms with Crippen molar-refractivity contribution >= 4 is 27.9 Å². The monoisotopic (exact) mass is 442 g/mol. The van der Waals surface area contributed by atoms with Crippen LogP contribution in [0.1, 0.15) is 16.8 Å². The SMILES string of the molecule is Cc1cccc(Cn2cnc3c(cnn3CCNC(=O)Cc3noc4ccccc34)c2=O)c1. The summed E-state index contributed by atoms with van der Waals surface area (Å²) in [6.07, 6.45) is 3.19. The third kappa shape index (κ3) is 4.25. The summed E-state index contributed by atoms with van der Waals surface area (Å²) in [5.74, 6) is -0.168. The maximum atomic E-state index is 12.9. The molecule has 5 rings (SSSR count). The van der Waals surface area contributed by atoms with Crippen molar-refractivity contribution in [3.63, 3.8) is 0 Å². The second-order valence-electron chi connectivity index (χ2n) is 7.92. The van der Waals surface area contributed by atoms with Crippen molar-refractivity contribution in [3.8, 4) is 0 Å². The number of carbonyl (C=O) groups is 1. The van der Waals surface area contributed by atoms with E-state index in [9.17, 15) is 9.59 Å². The minimum atomic E-state index is -0.168. The Balaban J connectivity index is 1.23. The number of hydrogen-bond acceptors (Lipinski definition) is 6. The highest BCUT2D eigenvalue weighted by atomic mass is 16.5. The number of rotatable bonds is 7. The van der Waals surface area contributed by atoms with Crippen LogP contribution in [0, 0.1) is 6.92 Å². The van der Waals surface area contributed by atoms with Gasteiger partial charge in [-0.1, -0.05) is 47.1 Å². The van der Waals surface area contributed by atoms with Gasteiger partial charge in [0.05, 0.1) is 25.7 Å². The molecule has 0 aliphatic heterocycles. The highest BCUT2D eigenvalue weighted by molar-refractivity contribution is 5.86. The number of nitrogens with zero attached hydrogens (tertiary/aromatic N) is 5. The molecule has 0 fully saturated rings. The van der Waals surface area contributed by atoms with E-state index in [0.29, 0.717) is 41.9 Å². The maximum Gasteiger partial charge on any atom is 0.264 e. The molecule has 0 radical (unpaired) electrons. The zero-order valence-electron chi connectivity index (χ0n) is 18.1. The fraction of sp³-hybridized carbons (Fsp3) is 0.208. The summed E-state index contributed by atoms with van der Waals surface area (Å²) in [7, 11) is 0. The van der Waals surface area contributed by atoms with Crippen LogP contribution in [-0.2, 0) is 24.3 Å². The smallest absolute Gasteiger partial charge is 0.264 e. The van der Waals surface area contributed by atoms with Gasteiger partial charge in [-0.2, -0.15) is 5.10 Å². The molecule has 0 unspecified atom stereocenters. The van der Waals surface area contributed by atoms with E-state index >= 15 is 0 Å². The third-order valence-corrected chi connectivity index (χ3v) is 5.48. The lowest BCUT2D eigenvalue weighted by Crippen LogP contribution is -2.29. The lowest BCUT2D eigenvalue weighted by atomic mass is 10.1. The van der Waals surface area contributed by atoms with E-state index in [0.717, 1.165) is 16.5 Å². The van der Waals surface area contributed by atoms with E-state index in [4.69, 9.17) is 4.52 Å². The molecule has 9 nitrogen and oxygen atoms in total. The number of hydrogen-bond donors (Lipinski definition) is 1. The van der Waals surface area contributed by atoms with Crippen LogP contribution in [0.3, 0.4) is 0 Å². The maximum absolute atomic E-state index is 12.9. The summed E-state index contributed by atoms with van der Waals surface area (Å²) < 4.78 is 8.44. The summed E-state index contributed by atoms with van der Waals surface area (Å²) in [5.41, 5.74) is 3.78. The van der Waals surface area contributed by atoms with Crippen molar-refractivity contribution in [2.24, 2.45) is 0 Å². The Hall–Kier alpha value is -4.27.